The molecule has 4 saturated carbocycles. The zero-order valence-corrected chi connectivity index (χ0v) is 13.9. The number of nitrogens with zero attached hydrogens (tertiary/aromatic N) is 3. The molecule has 4 aliphatic carbocycles. The Morgan fingerprint density at radius 3 is 2.54 bits per heavy atom. The third kappa shape index (κ3) is 2.41. The molecule has 1 amide bonds. The molecule has 1 N–H and O–H groups in total. The summed E-state index contributed by atoms with van der Waals surface area (Å²) in [7, 11) is 0. The molecule has 4 aliphatic rings. The molecule has 4 bridgehead atoms. The maximum absolute atomic E-state index is 12.6. The molecule has 5 heteroatoms. The van der Waals surface area contributed by atoms with Gasteiger partial charge in [-0.25, -0.2) is 0 Å². The third-order valence-electron chi connectivity index (χ3n) is 6.53. The molecule has 24 heavy (non-hydrogen) atoms. The van der Waals surface area contributed by atoms with Gasteiger partial charge in [0.25, 0.3) is 0 Å². The Morgan fingerprint density at radius 1 is 1.12 bits per heavy atom. The average molecular weight is 324 g/mol. The number of pyridine rings is 1. The molecular formula is C19H24N4O. The molecule has 2 aromatic rings. The van der Waals surface area contributed by atoms with Crippen molar-refractivity contribution in [3.63, 3.8) is 0 Å². The van der Waals surface area contributed by atoms with E-state index in [1.807, 2.05) is 28.8 Å². The van der Waals surface area contributed by atoms with Crippen LogP contribution in [0.25, 0.3) is 5.65 Å². The topological polar surface area (TPSA) is 59.3 Å². The summed E-state index contributed by atoms with van der Waals surface area (Å²) in [5.74, 6) is 3.66. The van der Waals surface area contributed by atoms with Crippen LogP contribution in [0.5, 0.6) is 0 Å². The number of aromatic nitrogens is 3. The van der Waals surface area contributed by atoms with Crippen molar-refractivity contribution in [1.29, 1.82) is 0 Å². The van der Waals surface area contributed by atoms with E-state index in [9.17, 15) is 4.79 Å². The summed E-state index contributed by atoms with van der Waals surface area (Å²) in [6.07, 6.45) is 10.7. The number of hydrogen-bond donors (Lipinski definition) is 1. The lowest BCUT2D eigenvalue weighted by molar-refractivity contribution is -0.129. The van der Waals surface area contributed by atoms with Crippen molar-refractivity contribution >= 4 is 11.6 Å². The first-order valence-electron chi connectivity index (χ1n) is 9.24. The fraction of sp³-hybridized carbons (Fsp3) is 0.632. The first-order chi connectivity index (χ1) is 11.7. The largest absolute Gasteiger partial charge is 0.349 e. The maximum Gasteiger partial charge on any atom is 0.220 e. The number of fused-ring (bicyclic) bond motifs is 1. The van der Waals surface area contributed by atoms with E-state index in [1.165, 1.54) is 38.5 Å². The van der Waals surface area contributed by atoms with E-state index in [2.05, 4.69) is 15.5 Å². The summed E-state index contributed by atoms with van der Waals surface area (Å²) in [5.41, 5.74) is 1.12. The van der Waals surface area contributed by atoms with E-state index < -0.39 is 0 Å². The van der Waals surface area contributed by atoms with Crippen molar-refractivity contribution in [2.24, 2.45) is 23.2 Å². The van der Waals surface area contributed by atoms with Crippen molar-refractivity contribution < 1.29 is 4.79 Å². The first kappa shape index (κ1) is 14.4. The molecular weight excluding hydrogens is 300 g/mol. The average Bonchev–Trinajstić information content (AvgIpc) is 2.94. The molecule has 0 radical (unpaired) electrons. The Hall–Kier alpha value is -1.91. The second-order valence-electron chi connectivity index (χ2n) is 8.42. The van der Waals surface area contributed by atoms with E-state index in [0.717, 1.165) is 29.2 Å². The van der Waals surface area contributed by atoms with Crippen molar-refractivity contribution in [2.45, 2.75) is 51.5 Å². The molecule has 0 unspecified atom stereocenters. The van der Waals surface area contributed by atoms with Crippen molar-refractivity contribution in [3.8, 4) is 0 Å². The lowest BCUT2D eigenvalue weighted by Gasteiger charge is -2.56. The molecule has 5 nitrogen and oxygen atoms in total. The van der Waals surface area contributed by atoms with Gasteiger partial charge >= 0.3 is 0 Å². The van der Waals surface area contributed by atoms with E-state index in [4.69, 9.17) is 0 Å². The molecule has 0 aliphatic heterocycles. The van der Waals surface area contributed by atoms with E-state index in [0.29, 0.717) is 18.4 Å². The SMILES string of the molecule is O=C(CC12CC3CC(CC(C3)C1)C2)NCc1nnc2ccccn12. The number of carbonyl (C=O) groups is 1. The minimum absolute atomic E-state index is 0.185. The number of rotatable bonds is 4. The van der Waals surface area contributed by atoms with Crippen molar-refractivity contribution in [3.05, 3.63) is 30.2 Å². The highest BCUT2D eigenvalue weighted by atomic mass is 16.1. The van der Waals surface area contributed by atoms with Gasteiger partial charge in [-0.2, -0.15) is 0 Å². The zero-order valence-electron chi connectivity index (χ0n) is 13.9. The highest BCUT2D eigenvalue weighted by Gasteiger charge is 2.51. The smallest absolute Gasteiger partial charge is 0.220 e. The van der Waals surface area contributed by atoms with E-state index in [1.54, 1.807) is 0 Å². The molecule has 6 rings (SSSR count). The molecule has 126 valence electrons. The lowest BCUT2D eigenvalue weighted by Crippen LogP contribution is -2.48. The highest BCUT2D eigenvalue weighted by molar-refractivity contribution is 5.76. The molecule has 2 aromatic heterocycles. The second-order valence-corrected chi connectivity index (χ2v) is 8.42. The normalized spacial score (nSPS) is 33.9. The number of hydrogen-bond acceptors (Lipinski definition) is 3. The number of carbonyl (C=O) groups excluding carboxylic acids is 1. The van der Waals surface area contributed by atoms with Gasteiger partial charge in [-0.15, -0.1) is 10.2 Å². The van der Waals surface area contributed by atoms with Gasteiger partial charge in [0.1, 0.15) is 0 Å². The van der Waals surface area contributed by atoms with Gasteiger partial charge in [0.2, 0.25) is 5.91 Å². The predicted molar refractivity (Wildman–Crippen MR) is 90.1 cm³/mol. The van der Waals surface area contributed by atoms with Gasteiger partial charge in [-0.05, 0) is 73.8 Å². The molecule has 0 atom stereocenters. The van der Waals surface area contributed by atoms with Crippen LogP contribution in [0.1, 0.15) is 50.8 Å². The van der Waals surface area contributed by atoms with Crippen molar-refractivity contribution in [2.75, 3.05) is 0 Å². The third-order valence-corrected chi connectivity index (χ3v) is 6.53. The zero-order chi connectivity index (χ0) is 16.1. The Kier molecular flexibility index (Phi) is 3.19. The van der Waals surface area contributed by atoms with Gasteiger partial charge in [0.15, 0.2) is 11.5 Å². The molecule has 0 saturated heterocycles. The Bertz CT molecular complexity index is 745. The van der Waals surface area contributed by atoms with Crippen LogP contribution < -0.4 is 5.32 Å². The van der Waals surface area contributed by atoms with Gasteiger partial charge in [-0.1, -0.05) is 6.07 Å². The van der Waals surface area contributed by atoms with E-state index in [-0.39, 0.29) is 5.91 Å². The quantitative estimate of drug-likeness (QED) is 0.940. The summed E-state index contributed by atoms with van der Waals surface area (Å²) in [5, 5.41) is 11.4. The van der Waals surface area contributed by atoms with Crippen LogP contribution in [0.4, 0.5) is 0 Å². The molecule has 0 aromatic carbocycles. The van der Waals surface area contributed by atoms with Crippen LogP contribution in [-0.4, -0.2) is 20.5 Å². The number of amides is 1. The van der Waals surface area contributed by atoms with Gasteiger partial charge in [0.05, 0.1) is 6.54 Å². The van der Waals surface area contributed by atoms with Gasteiger partial charge < -0.3 is 5.32 Å². The fourth-order valence-electron chi connectivity index (χ4n) is 6.10. The van der Waals surface area contributed by atoms with Crippen LogP contribution in [0, 0.1) is 23.2 Å². The minimum atomic E-state index is 0.185. The summed E-state index contributed by atoms with van der Waals surface area (Å²) in [4.78, 5) is 12.6. The van der Waals surface area contributed by atoms with Crippen LogP contribution in [0.15, 0.2) is 24.4 Å². The second kappa shape index (κ2) is 5.30. The molecule has 0 spiro atoms. The Labute approximate surface area is 141 Å². The minimum Gasteiger partial charge on any atom is -0.349 e. The predicted octanol–water partition coefficient (Wildman–Crippen LogP) is 2.95. The Morgan fingerprint density at radius 2 is 1.83 bits per heavy atom. The van der Waals surface area contributed by atoms with Gasteiger partial charge in [-0.3, -0.25) is 9.20 Å². The number of nitrogens with one attached hydrogen (secondary N) is 1. The standard InChI is InChI=1S/C19H24N4O/c24-18(20-12-17-22-21-16-3-1-2-4-23(16)17)11-19-8-13-5-14(9-19)7-15(6-13)10-19/h1-4,13-15H,5-12H2,(H,20,24). The molecule has 2 heterocycles. The van der Waals surface area contributed by atoms with Crippen molar-refractivity contribution in [1.82, 2.24) is 19.9 Å². The highest BCUT2D eigenvalue weighted by Crippen LogP contribution is 2.61. The summed E-state index contributed by atoms with van der Waals surface area (Å²) < 4.78 is 1.94. The first-order valence-corrected chi connectivity index (χ1v) is 9.24. The van der Waals surface area contributed by atoms with Crippen LogP contribution in [-0.2, 0) is 11.3 Å². The van der Waals surface area contributed by atoms with Crippen LogP contribution in [0.3, 0.4) is 0 Å². The van der Waals surface area contributed by atoms with Gasteiger partial charge in [0, 0.05) is 12.6 Å². The maximum atomic E-state index is 12.6. The molecule has 4 fully saturated rings. The lowest BCUT2D eigenvalue weighted by atomic mass is 9.49. The Balaban J connectivity index is 1.25. The summed E-state index contributed by atoms with van der Waals surface area (Å²) in [6.45, 7) is 0.455. The fourth-order valence-corrected chi connectivity index (χ4v) is 6.10. The summed E-state index contributed by atoms with van der Waals surface area (Å²) in [6, 6.07) is 5.82. The van der Waals surface area contributed by atoms with Crippen LogP contribution in [0.2, 0.25) is 0 Å². The van der Waals surface area contributed by atoms with E-state index >= 15 is 0 Å². The monoisotopic (exact) mass is 324 g/mol. The summed E-state index contributed by atoms with van der Waals surface area (Å²) >= 11 is 0. The van der Waals surface area contributed by atoms with Crippen LogP contribution >= 0.6 is 0 Å².